The van der Waals surface area contributed by atoms with E-state index in [9.17, 15) is 4.79 Å². The fourth-order valence-electron chi connectivity index (χ4n) is 3.17. The lowest BCUT2D eigenvalue weighted by atomic mass is 10.00. The van der Waals surface area contributed by atoms with Gasteiger partial charge in [0.25, 0.3) is 0 Å². The van der Waals surface area contributed by atoms with Crippen LogP contribution >= 0.6 is 0 Å². The summed E-state index contributed by atoms with van der Waals surface area (Å²) in [5.41, 5.74) is 9.82. The third kappa shape index (κ3) is 9.96. The van der Waals surface area contributed by atoms with Crippen LogP contribution in [0.1, 0.15) is 70.3 Å². The predicted molar refractivity (Wildman–Crippen MR) is 104 cm³/mol. The lowest BCUT2D eigenvalue weighted by molar-refractivity contribution is -0.117. The van der Waals surface area contributed by atoms with E-state index >= 15 is 0 Å². The van der Waals surface area contributed by atoms with Gasteiger partial charge in [0.1, 0.15) is 0 Å². The molecule has 0 aromatic heterocycles. The van der Waals surface area contributed by atoms with Crippen LogP contribution in [-0.4, -0.2) is 34.8 Å². The third-order valence-electron chi connectivity index (χ3n) is 4.68. The minimum Gasteiger partial charge on any atom is -0.361 e. The van der Waals surface area contributed by atoms with Crippen LogP contribution in [-0.2, 0) is 11.3 Å². The second kappa shape index (κ2) is 13.5. The van der Waals surface area contributed by atoms with Crippen molar-refractivity contribution in [2.24, 2.45) is 0 Å². The van der Waals surface area contributed by atoms with Gasteiger partial charge in [0.15, 0.2) is 0 Å². The van der Waals surface area contributed by atoms with Crippen LogP contribution in [0.4, 0.5) is 0 Å². The normalized spacial score (nSPS) is 12.0. The number of unbranched alkanes of at least 4 members (excludes halogenated alkanes) is 6. The highest BCUT2D eigenvalue weighted by atomic mass is 16.1. The molecular weight excluding hydrogens is 310 g/mol. The molecule has 0 saturated carbocycles. The Morgan fingerprint density at radius 1 is 1.12 bits per heavy atom. The largest absolute Gasteiger partial charge is 0.361 e. The first kappa shape index (κ1) is 21.3. The summed E-state index contributed by atoms with van der Waals surface area (Å²) in [6, 6.07) is 10.5. The van der Waals surface area contributed by atoms with Crippen LogP contribution in [0.5, 0.6) is 0 Å². The first-order valence-corrected chi connectivity index (χ1v) is 9.61. The van der Waals surface area contributed by atoms with Crippen LogP contribution in [0.15, 0.2) is 30.3 Å². The number of Topliss-reactive ketones (excluding diaryl/α,β-unsaturated/α-hetero) is 1. The monoisotopic (exact) mass is 343 g/mol. The van der Waals surface area contributed by atoms with Crippen molar-refractivity contribution in [3.63, 3.8) is 0 Å². The van der Waals surface area contributed by atoms with E-state index in [2.05, 4.69) is 35.8 Å². The van der Waals surface area contributed by atoms with Crippen LogP contribution in [0, 0.1) is 0 Å². The van der Waals surface area contributed by atoms with Crippen molar-refractivity contribution in [2.45, 2.75) is 77.3 Å². The molecule has 0 fully saturated rings. The molecule has 0 heterocycles. The SMILES string of the molecule is CCCCCCCCCC(CC(=O)C=[N+]=[N-])N(C)Cc1ccccc1. The highest BCUT2D eigenvalue weighted by Crippen LogP contribution is 2.17. The maximum Gasteiger partial charge on any atom is 0.323 e. The Balaban J connectivity index is 2.47. The van der Waals surface area contributed by atoms with Crippen LogP contribution in [0.2, 0.25) is 0 Å². The predicted octanol–water partition coefficient (Wildman–Crippen LogP) is 4.89. The molecule has 0 spiro atoms. The van der Waals surface area contributed by atoms with Gasteiger partial charge in [-0.15, -0.1) is 0 Å². The molecule has 0 aliphatic carbocycles. The van der Waals surface area contributed by atoms with Crippen molar-refractivity contribution in [1.82, 2.24) is 4.90 Å². The molecule has 138 valence electrons. The lowest BCUT2D eigenvalue weighted by Crippen LogP contribution is -2.33. The van der Waals surface area contributed by atoms with Crippen LogP contribution < -0.4 is 0 Å². The average molecular weight is 344 g/mol. The smallest absolute Gasteiger partial charge is 0.323 e. The molecule has 4 heteroatoms. The van der Waals surface area contributed by atoms with Gasteiger partial charge < -0.3 is 5.53 Å². The first-order valence-electron chi connectivity index (χ1n) is 9.61. The highest BCUT2D eigenvalue weighted by Gasteiger charge is 2.19. The van der Waals surface area contributed by atoms with E-state index < -0.39 is 0 Å². The van der Waals surface area contributed by atoms with E-state index in [-0.39, 0.29) is 11.8 Å². The molecule has 0 radical (unpaired) electrons. The molecule has 4 nitrogen and oxygen atoms in total. The van der Waals surface area contributed by atoms with Gasteiger partial charge in [-0.3, -0.25) is 9.69 Å². The Labute approximate surface area is 152 Å². The zero-order valence-electron chi connectivity index (χ0n) is 15.9. The minimum absolute atomic E-state index is 0.115. The van der Waals surface area contributed by atoms with Gasteiger partial charge in [-0.25, -0.2) is 0 Å². The summed E-state index contributed by atoms with van der Waals surface area (Å²) >= 11 is 0. The van der Waals surface area contributed by atoms with Crippen molar-refractivity contribution >= 4 is 12.0 Å². The molecule has 0 amide bonds. The van der Waals surface area contributed by atoms with Crippen molar-refractivity contribution in [3.05, 3.63) is 41.4 Å². The molecule has 1 atom stereocenters. The zero-order chi connectivity index (χ0) is 18.3. The highest BCUT2D eigenvalue weighted by molar-refractivity contribution is 6.25. The topological polar surface area (TPSA) is 56.7 Å². The van der Waals surface area contributed by atoms with Crippen LogP contribution in [0.3, 0.4) is 0 Å². The molecule has 1 rings (SSSR count). The lowest BCUT2D eigenvalue weighted by Gasteiger charge is -2.27. The molecule has 0 N–H and O–H groups in total. The Morgan fingerprint density at radius 3 is 2.40 bits per heavy atom. The molecular formula is C21H33N3O. The first-order chi connectivity index (χ1) is 12.2. The Morgan fingerprint density at radius 2 is 1.76 bits per heavy atom. The van der Waals surface area contributed by atoms with Gasteiger partial charge in [0, 0.05) is 19.0 Å². The Kier molecular flexibility index (Phi) is 11.5. The van der Waals surface area contributed by atoms with E-state index in [1.165, 1.54) is 44.1 Å². The molecule has 0 aliphatic rings. The average Bonchev–Trinajstić information content (AvgIpc) is 2.61. The van der Waals surface area contributed by atoms with E-state index in [1.54, 1.807) is 0 Å². The summed E-state index contributed by atoms with van der Waals surface area (Å²) in [7, 11) is 2.07. The van der Waals surface area contributed by atoms with Crippen molar-refractivity contribution < 1.29 is 9.58 Å². The van der Waals surface area contributed by atoms with Crippen molar-refractivity contribution in [3.8, 4) is 0 Å². The van der Waals surface area contributed by atoms with E-state index in [1.807, 2.05) is 18.2 Å². The number of carbonyl (C=O) groups excluding carboxylic acids is 1. The third-order valence-corrected chi connectivity index (χ3v) is 4.68. The summed E-state index contributed by atoms with van der Waals surface area (Å²) in [6.07, 6.45) is 11.3. The molecule has 25 heavy (non-hydrogen) atoms. The molecule has 0 bridgehead atoms. The summed E-state index contributed by atoms with van der Waals surface area (Å²) in [4.78, 5) is 17.0. The second-order valence-electron chi connectivity index (χ2n) is 6.88. The van der Waals surface area contributed by atoms with Crippen LogP contribution in [0.25, 0.3) is 5.53 Å². The number of ketones is 1. The number of rotatable bonds is 14. The second-order valence-corrected chi connectivity index (χ2v) is 6.88. The van der Waals surface area contributed by atoms with E-state index in [0.717, 1.165) is 25.6 Å². The molecule has 1 aromatic rings. The fourth-order valence-corrected chi connectivity index (χ4v) is 3.17. The number of carbonyl (C=O) groups is 1. The molecule has 0 aliphatic heterocycles. The molecule has 1 aromatic carbocycles. The van der Waals surface area contributed by atoms with Gasteiger partial charge in [-0.2, -0.15) is 4.79 Å². The van der Waals surface area contributed by atoms with Crippen molar-refractivity contribution in [2.75, 3.05) is 7.05 Å². The standard InChI is InChI=1S/C21H33N3O/c1-3-4-5-6-7-8-12-15-20(16-21(25)17-23-22)24(2)18-19-13-10-9-11-14-19/h9-11,13-14,17,20H,3-8,12,15-16,18H2,1-2H3. The number of benzene rings is 1. The molecule has 1 unspecified atom stereocenters. The Bertz CT molecular complexity index is 523. The summed E-state index contributed by atoms with van der Waals surface area (Å²) < 4.78 is 0. The van der Waals surface area contributed by atoms with Gasteiger partial charge >= 0.3 is 6.21 Å². The molecule has 0 saturated heterocycles. The van der Waals surface area contributed by atoms with Crippen molar-refractivity contribution in [1.29, 1.82) is 0 Å². The van der Waals surface area contributed by atoms with E-state index in [4.69, 9.17) is 5.53 Å². The number of nitrogens with zero attached hydrogens (tertiary/aromatic N) is 3. The van der Waals surface area contributed by atoms with Gasteiger partial charge in [-0.05, 0) is 19.0 Å². The fraction of sp³-hybridized carbons (Fsp3) is 0.619. The summed E-state index contributed by atoms with van der Waals surface area (Å²) in [5, 5.41) is 0. The quantitative estimate of drug-likeness (QED) is 0.209. The van der Waals surface area contributed by atoms with Gasteiger partial charge in [0.05, 0.1) is 0 Å². The number of hydrogen-bond acceptors (Lipinski definition) is 2. The zero-order valence-corrected chi connectivity index (χ0v) is 15.9. The minimum atomic E-state index is -0.115. The maximum absolute atomic E-state index is 11.9. The Hall–Kier alpha value is -1.77. The summed E-state index contributed by atoms with van der Waals surface area (Å²) in [5.74, 6) is -0.115. The van der Waals surface area contributed by atoms with E-state index in [0.29, 0.717) is 6.42 Å². The van der Waals surface area contributed by atoms with Gasteiger partial charge in [-0.1, -0.05) is 82.2 Å². The summed E-state index contributed by atoms with van der Waals surface area (Å²) in [6.45, 7) is 3.06. The maximum atomic E-state index is 11.9. The number of hydrogen-bond donors (Lipinski definition) is 0. The van der Waals surface area contributed by atoms with Gasteiger partial charge in [0.2, 0.25) is 5.78 Å².